The Balaban J connectivity index is 1.77. The number of carbonyl (C=O) groups is 6. The topological polar surface area (TPSA) is 170 Å². The van der Waals surface area contributed by atoms with Gasteiger partial charge in [-0.2, -0.15) is 0 Å². The molecule has 1 aliphatic carbocycles. The number of fused-ring (bicyclic) bond motifs is 1. The Bertz CT molecular complexity index is 1390. The molecule has 3 aliphatic rings. The maximum atomic E-state index is 13.9. The summed E-state index contributed by atoms with van der Waals surface area (Å²) < 4.78 is 40.4. The van der Waals surface area contributed by atoms with Crippen molar-refractivity contribution in [2.24, 2.45) is 11.8 Å². The van der Waals surface area contributed by atoms with Crippen LogP contribution < -0.4 is 4.90 Å². The molecule has 14 nitrogen and oxygen atoms in total. The van der Waals surface area contributed by atoms with Crippen LogP contribution >= 0.6 is 0 Å². The van der Waals surface area contributed by atoms with Crippen LogP contribution in [0.4, 0.5) is 5.69 Å². The molecule has 1 aromatic rings. The minimum Gasteiger partial charge on any atom is -0.547 e. The van der Waals surface area contributed by atoms with E-state index in [0.717, 1.165) is 32.6 Å². The third-order valence-electron chi connectivity index (χ3n) is 7.29. The molecule has 2 fully saturated rings. The van der Waals surface area contributed by atoms with E-state index in [-0.39, 0.29) is 6.42 Å². The lowest BCUT2D eigenvalue weighted by Crippen LogP contribution is -2.63. The summed E-state index contributed by atoms with van der Waals surface area (Å²) in [6.45, 7) is 9.95. The zero-order valence-electron chi connectivity index (χ0n) is 26.8. The first-order valence-corrected chi connectivity index (χ1v) is 18.2. The molecule has 46 heavy (non-hydrogen) atoms. The number of imide groups is 1. The van der Waals surface area contributed by atoms with Crippen molar-refractivity contribution in [2.45, 2.75) is 90.6 Å². The maximum Gasteiger partial charge on any atom is 0.303 e. The zero-order chi connectivity index (χ0) is 33.9. The molecule has 2 amide bonds. The lowest BCUT2D eigenvalue weighted by Gasteiger charge is -2.45. The molecule has 4 rings (SSSR count). The second kappa shape index (κ2) is 14.1. The van der Waals surface area contributed by atoms with Crippen LogP contribution in [0.1, 0.15) is 34.1 Å². The predicted octanol–water partition coefficient (Wildman–Crippen LogP) is 2.40. The Labute approximate surface area is 267 Å². The molecule has 8 atom stereocenters. The number of rotatable bonds is 10. The summed E-state index contributed by atoms with van der Waals surface area (Å²) in [5, 5.41) is 0. The van der Waals surface area contributed by atoms with Crippen molar-refractivity contribution in [2.75, 3.05) is 11.5 Å². The van der Waals surface area contributed by atoms with Gasteiger partial charge in [-0.3, -0.25) is 28.8 Å². The summed E-state index contributed by atoms with van der Waals surface area (Å²) in [4.78, 5) is 77.1. The Morgan fingerprint density at radius 2 is 1.41 bits per heavy atom. The van der Waals surface area contributed by atoms with E-state index < -0.39 is 99.3 Å². The molecule has 0 spiro atoms. The first-order valence-electron chi connectivity index (χ1n) is 14.8. The third kappa shape index (κ3) is 8.19. The van der Waals surface area contributed by atoms with Gasteiger partial charge in [0.1, 0.15) is 12.7 Å². The van der Waals surface area contributed by atoms with Crippen molar-refractivity contribution >= 4 is 49.7 Å². The van der Waals surface area contributed by atoms with E-state index in [2.05, 4.69) is 0 Å². The fraction of sp³-hybridized carbons (Fsp3) is 0.548. The van der Waals surface area contributed by atoms with Gasteiger partial charge in [0.25, 0.3) is 0 Å². The molecular formula is C31H39NO13Si. The smallest absolute Gasteiger partial charge is 0.303 e. The monoisotopic (exact) mass is 661 g/mol. The SMILES string of the molecule is CC(=O)OC[C@H]1O[C@@H](O[C@H]2C=C(O[Si](C)(C)C)C[C@H]3C(=O)N(c4ccccc4)C(=O)[C@@H]23)[C@H](OC(C)=O)[C@@H](OC(C)=O)[C@@H]1OC(C)=O. The Hall–Kier alpha value is -4.08. The highest BCUT2D eigenvalue weighted by Gasteiger charge is 2.58. The van der Waals surface area contributed by atoms with E-state index in [1.54, 1.807) is 36.4 Å². The Morgan fingerprint density at radius 3 is 1.98 bits per heavy atom. The van der Waals surface area contributed by atoms with E-state index in [4.69, 9.17) is 32.8 Å². The molecule has 2 aliphatic heterocycles. The molecule has 0 unspecified atom stereocenters. The molecule has 2 saturated heterocycles. The summed E-state index contributed by atoms with van der Waals surface area (Å²) in [7, 11) is -2.20. The highest BCUT2D eigenvalue weighted by atomic mass is 28.4. The Kier molecular flexibility index (Phi) is 10.7. The zero-order valence-corrected chi connectivity index (χ0v) is 27.8. The maximum absolute atomic E-state index is 13.9. The number of amides is 2. The van der Waals surface area contributed by atoms with Crippen LogP contribution in [0.15, 0.2) is 42.2 Å². The van der Waals surface area contributed by atoms with Crippen molar-refractivity contribution in [1.29, 1.82) is 0 Å². The minimum absolute atomic E-state index is 0.154. The van der Waals surface area contributed by atoms with Crippen molar-refractivity contribution in [3.8, 4) is 0 Å². The van der Waals surface area contributed by atoms with Crippen LogP contribution in [0.25, 0.3) is 0 Å². The number of allylic oxidation sites excluding steroid dienone is 1. The number of carbonyl (C=O) groups excluding carboxylic acids is 6. The average Bonchev–Trinajstić information content (AvgIpc) is 3.19. The Morgan fingerprint density at radius 1 is 0.826 bits per heavy atom. The van der Waals surface area contributed by atoms with Crippen LogP contribution in [0.5, 0.6) is 0 Å². The van der Waals surface area contributed by atoms with Crippen molar-refractivity contribution < 1.29 is 61.6 Å². The standard InChI is InChI=1S/C31H39NO13Si/c1-16(33)39-15-24-26(40-17(2)34)27(41-18(3)35)28(42-19(4)36)31(44-24)43-23-14-21(45-46(5,6)7)13-22-25(23)30(38)32(29(22)37)20-11-9-8-10-12-20/h8-12,14,22-28,31H,13,15H2,1-7H3/t22-,23+,24-,25-,26-,27+,28-,31-/m1/s1. The van der Waals surface area contributed by atoms with Gasteiger partial charge in [0.15, 0.2) is 24.6 Å². The molecule has 0 radical (unpaired) electrons. The fourth-order valence-electron chi connectivity index (χ4n) is 5.78. The van der Waals surface area contributed by atoms with Crippen molar-refractivity contribution in [3.05, 3.63) is 42.2 Å². The van der Waals surface area contributed by atoms with Gasteiger partial charge in [-0.25, -0.2) is 4.90 Å². The fourth-order valence-corrected chi connectivity index (χ4v) is 6.72. The van der Waals surface area contributed by atoms with E-state index in [1.807, 2.05) is 19.6 Å². The van der Waals surface area contributed by atoms with Crippen molar-refractivity contribution in [1.82, 2.24) is 0 Å². The molecule has 250 valence electrons. The van der Waals surface area contributed by atoms with E-state index in [1.165, 1.54) is 0 Å². The molecule has 0 aromatic heterocycles. The first kappa shape index (κ1) is 34.8. The van der Waals surface area contributed by atoms with Crippen LogP contribution in [-0.2, 0) is 61.6 Å². The number of hydrogen-bond acceptors (Lipinski definition) is 13. The number of benzene rings is 1. The van der Waals surface area contributed by atoms with Gasteiger partial charge < -0.3 is 32.8 Å². The van der Waals surface area contributed by atoms with Gasteiger partial charge in [0, 0.05) is 34.1 Å². The third-order valence-corrected chi connectivity index (χ3v) is 8.17. The summed E-state index contributed by atoms with van der Waals surface area (Å²) >= 11 is 0. The molecule has 1 aromatic carbocycles. The summed E-state index contributed by atoms with van der Waals surface area (Å²) in [6, 6.07) is 8.48. The van der Waals surface area contributed by atoms with Gasteiger partial charge in [-0.15, -0.1) is 0 Å². The number of nitrogens with zero attached hydrogens (tertiary/aromatic N) is 1. The number of hydrogen-bond donors (Lipinski definition) is 0. The second-order valence-corrected chi connectivity index (χ2v) is 16.6. The molecule has 0 N–H and O–H groups in total. The highest BCUT2D eigenvalue weighted by Crippen LogP contribution is 2.43. The van der Waals surface area contributed by atoms with Crippen LogP contribution in [0, 0.1) is 11.8 Å². The highest BCUT2D eigenvalue weighted by molar-refractivity contribution is 6.70. The lowest BCUT2D eigenvalue weighted by atomic mass is 9.82. The van der Waals surface area contributed by atoms with E-state index >= 15 is 0 Å². The molecule has 0 bridgehead atoms. The summed E-state index contributed by atoms with van der Waals surface area (Å²) in [5.41, 5.74) is 0.394. The lowest BCUT2D eigenvalue weighted by molar-refractivity contribution is -0.316. The minimum atomic E-state index is -2.20. The van der Waals surface area contributed by atoms with Gasteiger partial charge in [0.2, 0.25) is 20.1 Å². The molecule has 2 heterocycles. The molecule has 15 heteroatoms. The summed E-state index contributed by atoms with van der Waals surface area (Å²) in [6.07, 6.45) is -6.54. The summed E-state index contributed by atoms with van der Waals surface area (Å²) in [5.74, 6) is -5.41. The van der Waals surface area contributed by atoms with Gasteiger partial charge in [0.05, 0.1) is 29.4 Å². The predicted molar refractivity (Wildman–Crippen MR) is 160 cm³/mol. The first-order chi connectivity index (χ1) is 21.6. The van der Waals surface area contributed by atoms with Gasteiger partial charge in [-0.1, -0.05) is 18.2 Å². The van der Waals surface area contributed by atoms with Gasteiger partial charge in [-0.05, 0) is 37.8 Å². The normalized spacial score (nSPS) is 29.3. The van der Waals surface area contributed by atoms with E-state index in [0.29, 0.717) is 11.4 Å². The average molecular weight is 662 g/mol. The quantitative estimate of drug-likeness (QED) is 0.155. The van der Waals surface area contributed by atoms with Gasteiger partial charge >= 0.3 is 23.9 Å². The van der Waals surface area contributed by atoms with Crippen LogP contribution in [0.3, 0.4) is 0 Å². The second-order valence-electron chi connectivity index (χ2n) is 12.2. The molecular weight excluding hydrogens is 622 g/mol. The van der Waals surface area contributed by atoms with E-state index in [9.17, 15) is 28.8 Å². The largest absolute Gasteiger partial charge is 0.547 e. The van der Waals surface area contributed by atoms with Crippen molar-refractivity contribution in [3.63, 3.8) is 0 Å². The van der Waals surface area contributed by atoms with Crippen LogP contribution in [0.2, 0.25) is 19.6 Å². The number of para-hydroxylation sites is 1. The van der Waals surface area contributed by atoms with Crippen LogP contribution in [-0.4, -0.2) is 87.4 Å². The number of anilines is 1. The number of ether oxygens (including phenoxy) is 6. The number of esters is 4. The molecule has 0 saturated carbocycles.